The van der Waals surface area contributed by atoms with Gasteiger partial charge in [-0.15, -0.1) is 11.8 Å². The van der Waals surface area contributed by atoms with Crippen molar-refractivity contribution in [3.8, 4) is 0 Å². The van der Waals surface area contributed by atoms with Crippen LogP contribution >= 0.6 is 23.4 Å². The molecule has 2 nitrogen and oxygen atoms in total. The molecule has 1 unspecified atom stereocenters. The summed E-state index contributed by atoms with van der Waals surface area (Å²) in [6, 6.07) is 17.2. The first-order valence-electron chi connectivity index (χ1n) is 5.87. The van der Waals surface area contributed by atoms with Crippen LogP contribution in [0.3, 0.4) is 0 Å². The van der Waals surface area contributed by atoms with Crippen LogP contribution in [0.5, 0.6) is 0 Å². The van der Waals surface area contributed by atoms with Crippen LogP contribution in [0.4, 0.5) is 0 Å². The molecule has 0 fully saturated rings. The number of rotatable bonds is 5. The van der Waals surface area contributed by atoms with E-state index in [4.69, 9.17) is 17.3 Å². The Labute approximate surface area is 122 Å². The molecule has 1 atom stereocenters. The average Bonchev–Trinajstić information content (AvgIpc) is 2.42. The molecule has 0 saturated heterocycles. The standard InChI is InChI=1S/C15H14ClNOS/c16-13-8-6-12(7-9-13)14(15(17)18)19-10-11-4-2-1-3-5-11/h1-9,14H,10H2,(H2,17,18). The van der Waals surface area contributed by atoms with Crippen LogP contribution in [0.15, 0.2) is 54.6 Å². The fourth-order valence-electron chi connectivity index (χ4n) is 1.73. The van der Waals surface area contributed by atoms with E-state index in [0.717, 1.165) is 11.3 Å². The van der Waals surface area contributed by atoms with Crippen LogP contribution in [0.25, 0.3) is 0 Å². The van der Waals surface area contributed by atoms with E-state index in [1.54, 1.807) is 12.1 Å². The number of nitrogens with two attached hydrogens (primary N) is 1. The quantitative estimate of drug-likeness (QED) is 0.910. The second-order valence-electron chi connectivity index (χ2n) is 4.13. The lowest BCUT2D eigenvalue weighted by atomic mass is 10.1. The number of carbonyl (C=O) groups excluding carboxylic acids is 1. The molecule has 0 saturated carbocycles. The lowest BCUT2D eigenvalue weighted by Crippen LogP contribution is -2.19. The monoisotopic (exact) mass is 291 g/mol. The second kappa shape index (κ2) is 6.64. The van der Waals surface area contributed by atoms with Crippen LogP contribution in [-0.4, -0.2) is 5.91 Å². The topological polar surface area (TPSA) is 43.1 Å². The van der Waals surface area contributed by atoms with Gasteiger partial charge in [0.25, 0.3) is 0 Å². The number of hydrogen-bond donors (Lipinski definition) is 1. The summed E-state index contributed by atoms with van der Waals surface area (Å²) < 4.78 is 0. The van der Waals surface area contributed by atoms with E-state index < -0.39 is 0 Å². The summed E-state index contributed by atoms with van der Waals surface area (Å²) in [5.41, 5.74) is 7.54. The predicted molar refractivity (Wildman–Crippen MR) is 81.1 cm³/mol. The zero-order valence-electron chi connectivity index (χ0n) is 10.3. The average molecular weight is 292 g/mol. The van der Waals surface area contributed by atoms with Gasteiger partial charge in [0, 0.05) is 10.8 Å². The van der Waals surface area contributed by atoms with Crippen LogP contribution in [0, 0.1) is 0 Å². The summed E-state index contributed by atoms with van der Waals surface area (Å²) in [6.07, 6.45) is 0. The summed E-state index contributed by atoms with van der Waals surface area (Å²) >= 11 is 7.37. The molecule has 0 aliphatic heterocycles. The van der Waals surface area contributed by atoms with Crippen molar-refractivity contribution >= 4 is 29.3 Å². The zero-order valence-corrected chi connectivity index (χ0v) is 11.8. The molecule has 2 N–H and O–H groups in total. The first-order valence-corrected chi connectivity index (χ1v) is 7.30. The molecular formula is C15H14ClNOS. The van der Waals surface area contributed by atoms with Crippen LogP contribution in [0.1, 0.15) is 16.4 Å². The van der Waals surface area contributed by atoms with Gasteiger partial charge in [0.05, 0.1) is 0 Å². The Morgan fingerprint density at radius 1 is 1.11 bits per heavy atom. The number of amides is 1. The highest BCUT2D eigenvalue weighted by molar-refractivity contribution is 7.99. The van der Waals surface area contributed by atoms with Gasteiger partial charge < -0.3 is 5.73 Å². The van der Waals surface area contributed by atoms with Gasteiger partial charge in [0.2, 0.25) is 5.91 Å². The maximum atomic E-state index is 11.6. The van der Waals surface area contributed by atoms with Crippen molar-refractivity contribution in [3.63, 3.8) is 0 Å². The molecule has 19 heavy (non-hydrogen) atoms. The fourth-order valence-corrected chi connectivity index (χ4v) is 2.93. The van der Waals surface area contributed by atoms with Crippen molar-refractivity contribution < 1.29 is 4.79 Å². The lowest BCUT2D eigenvalue weighted by molar-refractivity contribution is -0.117. The van der Waals surface area contributed by atoms with Crippen molar-refractivity contribution in [2.75, 3.05) is 0 Å². The molecule has 4 heteroatoms. The van der Waals surface area contributed by atoms with E-state index in [1.165, 1.54) is 17.3 Å². The van der Waals surface area contributed by atoms with Gasteiger partial charge in [-0.1, -0.05) is 54.1 Å². The molecule has 98 valence electrons. The molecule has 0 bridgehead atoms. The summed E-state index contributed by atoms with van der Waals surface area (Å²) in [7, 11) is 0. The molecule has 0 spiro atoms. The van der Waals surface area contributed by atoms with Crippen molar-refractivity contribution in [2.24, 2.45) is 5.73 Å². The minimum atomic E-state index is -0.350. The van der Waals surface area contributed by atoms with Crippen molar-refractivity contribution in [1.29, 1.82) is 0 Å². The molecule has 0 aromatic heterocycles. The number of hydrogen-bond acceptors (Lipinski definition) is 2. The van der Waals surface area contributed by atoms with E-state index in [0.29, 0.717) is 5.02 Å². The van der Waals surface area contributed by atoms with Crippen molar-refractivity contribution in [3.05, 3.63) is 70.7 Å². The molecule has 0 radical (unpaired) electrons. The summed E-state index contributed by atoms with van der Waals surface area (Å²) in [5.74, 6) is 0.417. The van der Waals surface area contributed by atoms with E-state index >= 15 is 0 Å². The van der Waals surface area contributed by atoms with E-state index in [-0.39, 0.29) is 11.2 Å². The number of carbonyl (C=O) groups is 1. The smallest absolute Gasteiger partial charge is 0.235 e. The Kier molecular flexibility index (Phi) is 4.88. The number of thioether (sulfide) groups is 1. The number of benzene rings is 2. The first-order chi connectivity index (χ1) is 9.16. The first kappa shape index (κ1) is 14.0. The van der Waals surface area contributed by atoms with Gasteiger partial charge in [-0.05, 0) is 23.3 Å². The number of halogens is 1. The highest BCUT2D eigenvalue weighted by Gasteiger charge is 2.18. The van der Waals surface area contributed by atoms with Gasteiger partial charge in [-0.2, -0.15) is 0 Å². The Morgan fingerprint density at radius 2 is 1.74 bits per heavy atom. The molecule has 2 aromatic rings. The Morgan fingerprint density at radius 3 is 2.32 bits per heavy atom. The molecule has 0 heterocycles. The lowest BCUT2D eigenvalue weighted by Gasteiger charge is -2.13. The second-order valence-corrected chi connectivity index (χ2v) is 5.66. The summed E-state index contributed by atoms with van der Waals surface area (Å²) in [4.78, 5) is 11.6. The molecule has 2 aromatic carbocycles. The van der Waals surface area contributed by atoms with Crippen LogP contribution in [-0.2, 0) is 10.5 Å². The Balaban J connectivity index is 2.09. The van der Waals surface area contributed by atoms with E-state index in [2.05, 4.69) is 0 Å². The third kappa shape index (κ3) is 4.01. The third-order valence-corrected chi connectivity index (χ3v) is 4.28. The van der Waals surface area contributed by atoms with Gasteiger partial charge in [0.15, 0.2) is 0 Å². The molecule has 0 aliphatic carbocycles. The van der Waals surface area contributed by atoms with Crippen LogP contribution < -0.4 is 5.73 Å². The maximum absolute atomic E-state index is 11.6. The third-order valence-electron chi connectivity index (χ3n) is 2.69. The van der Waals surface area contributed by atoms with Gasteiger partial charge in [-0.25, -0.2) is 0 Å². The maximum Gasteiger partial charge on any atom is 0.235 e. The normalized spacial score (nSPS) is 12.1. The molecular weight excluding hydrogens is 278 g/mol. The highest BCUT2D eigenvalue weighted by atomic mass is 35.5. The summed E-state index contributed by atoms with van der Waals surface area (Å²) in [5, 5.41) is 0.303. The minimum Gasteiger partial charge on any atom is -0.368 e. The van der Waals surface area contributed by atoms with Crippen molar-refractivity contribution in [2.45, 2.75) is 11.0 Å². The SMILES string of the molecule is NC(=O)C(SCc1ccccc1)c1ccc(Cl)cc1. The fraction of sp³-hybridized carbons (Fsp3) is 0.133. The number of primary amides is 1. The van der Waals surface area contributed by atoms with Crippen LogP contribution in [0.2, 0.25) is 5.02 Å². The largest absolute Gasteiger partial charge is 0.368 e. The molecule has 1 amide bonds. The zero-order chi connectivity index (χ0) is 13.7. The van der Waals surface area contributed by atoms with Gasteiger partial charge >= 0.3 is 0 Å². The summed E-state index contributed by atoms with van der Waals surface area (Å²) in [6.45, 7) is 0. The Bertz CT molecular complexity index is 542. The predicted octanol–water partition coefficient (Wildman–Crippen LogP) is 3.80. The molecule has 0 aliphatic rings. The van der Waals surface area contributed by atoms with Gasteiger partial charge in [-0.3, -0.25) is 4.79 Å². The Hall–Kier alpha value is -1.45. The highest BCUT2D eigenvalue weighted by Crippen LogP contribution is 2.31. The van der Waals surface area contributed by atoms with E-state index in [9.17, 15) is 4.79 Å². The molecule has 2 rings (SSSR count). The minimum absolute atomic E-state index is 0.330. The van der Waals surface area contributed by atoms with Gasteiger partial charge in [0.1, 0.15) is 5.25 Å². The van der Waals surface area contributed by atoms with Crippen molar-refractivity contribution in [1.82, 2.24) is 0 Å². The van der Waals surface area contributed by atoms with E-state index in [1.807, 2.05) is 42.5 Å².